The fourth-order valence-electron chi connectivity index (χ4n) is 2.30. The Morgan fingerprint density at radius 2 is 1.95 bits per heavy atom. The van der Waals surface area contributed by atoms with Gasteiger partial charge >= 0.3 is 0 Å². The molecule has 128 valence electrons. The van der Waals surface area contributed by atoms with Crippen molar-refractivity contribution in [3.05, 3.63) is 17.7 Å². The van der Waals surface area contributed by atoms with Crippen molar-refractivity contribution in [3.63, 3.8) is 0 Å². The Balaban J connectivity index is 2.73. The molecule has 0 amide bonds. The predicted octanol–water partition coefficient (Wildman–Crippen LogP) is 2.44. The molecule has 0 saturated heterocycles. The maximum Gasteiger partial charge on any atom is 0.191 e. The van der Waals surface area contributed by atoms with Gasteiger partial charge in [-0.3, -0.25) is 0 Å². The number of nitrogens with zero attached hydrogens (tertiary/aromatic N) is 2. The second-order valence-electron chi connectivity index (χ2n) is 7.44. The summed E-state index contributed by atoms with van der Waals surface area (Å²) in [5.41, 5.74) is 1.88. The highest BCUT2D eigenvalue weighted by Crippen LogP contribution is 2.37. The van der Waals surface area contributed by atoms with Crippen molar-refractivity contribution in [1.82, 2.24) is 9.55 Å². The molecular formula is C16H32N2O3Si. The Morgan fingerprint density at radius 1 is 1.32 bits per heavy atom. The smallest absolute Gasteiger partial charge is 0.191 e. The maximum absolute atomic E-state index is 9.76. The molecule has 0 spiro atoms. The first-order valence-corrected chi connectivity index (χ1v) is 10.9. The number of aliphatic hydroxyl groups excluding tert-OH is 2. The number of aliphatic hydroxyl groups is 2. The number of hydrogen-bond donors (Lipinski definition) is 2. The van der Waals surface area contributed by atoms with Gasteiger partial charge in [-0.15, -0.1) is 0 Å². The molecule has 0 aromatic carbocycles. The van der Waals surface area contributed by atoms with Gasteiger partial charge in [0, 0.05) is 38.3 Å². The predicted molar refractivity (Wildman–Crippen MR) is 91.6 cm³/mol. The van der Waals surface area contributed by atoms with Gasteiger partial charge in [0.15, 0.2) is 8.32 Å². The van der Waals surface area contributed by atoms with E-state index in [-0.39, 0.29) is 24.2 Å². The summed E-state index contributed by atoms with van der Waals surface area (Å²) < 4.78 is 8.16. The van der Waals surface area contributed by atoms with Crippen molar-refractivity contribution >= 4 is 8.32 Å². The summed E-state index contributed by atoms with van der Waals surface area (Å²) >= 11 is 0. The molecule has 0 bridgehead atoms. The standard InChI is InChI=1S/C16H32N2O3Si/c1-16(2,3)22(5,6)21-10-8-13(11-20)15-14(7-9-19)17-12-18(15)4/h12-13,19-20H,7-11H2,1-6H3. The molecule has 1 rings (SSSR count). The first-order chi connectivity index (χ1) is 10.1. The number of aromatic nitrogens is 2. The highest BCUT2D eigenvalue weighted by atomic mass is 28.4. The molecule has 1 aromatic rings. The van der Waals surface area contributed by atoms with E-state index in [2.05, 4.69) is 38.8 Å². The number of aryl methyl sites for hydroxylation is 1. The van der Waals surface area contributed by atoms with Gasteiger partial charge in [-0.2, -0.15) is 0 Å². The Labute approximate surface area is 135 Å². The molecule has 1 aromatic heterocycles. The van der Waals surface area contributed by atoms with Gasteiger partial charge in [-0.1, -0.05) is 20.8 Å². The molecule has 0 radical (unpaired) electrons. The Morgan fingerprint density at radius 3 is 2.45 bits per heavy atom. The van der Waals surface area contributed by atoms with Crippen LogP contribution < -0.4 is 0 Å². The molecule has 2 N–H and O–H groups in total. The van der Waals surface area contributed by atoms with Crippen LogP contribution in [-0.4, -0.2) is 47.9 Å². The molecule has 0 aliphatic heterocycles. The topological polar surface area (TPSA) is 67.5 Å². The molecule has 5 nitrogen and oxygen atoms in total. The fourth-order valence-corrected chi connectivity index (χ4v) is 3.36. The van der Waals surface area contributed by atoms with Crippen molar-refractivity contribution in [1.29, 1.82) is 0 Å². The number of rotatable bonds is 8. The summed E-state index contributed by atoms with van der Waals surface area (Å²) in [6, 6.07) is 0. The summed E-state index contributed by atoms with van der Waals surface area (Å²) in [6.07, 6.45) is 3.04. The average Bonchev–Trinajstić information content (AvgIpc) is 2.75. The first-order valence-electron chi connectivity index (χ1n) is 7.99. The molecule has 1 unspecified atom stereocenters. The first kappa shape index (κ1) is 19.4. The van der Waals surface area contributed by atoms with E-state index in [0.717, 1.165) is 17.8 Å². The molecule has 0 fully saturated rings. The van der Waals surface area contributed by atoms with E-state index in [1.807, 2.05) is 11.6 Å². The summed E-state index contributed by atoms with van der Waals surface area (Å²) in [5, 5.41) is 19.1. The van der Waals surface area contributed by atoms with Gasteiger partial charge in [-0.25, -0.2) is 4.98 Å². The Bertz CT molecular complexity index is 466. The lowest BCUT2D eigenvalue weighted by atomic mass is 10.00. The van der Waals surface area contributed by atoms with Gasteiger partial charge in [0.05, 0.1) is 18.6 Å². The van der Waals surface area contributed by atoms with E-state index >= 15 is 0 Å². The van der Waals surface area contributed by atoms with Crippen molar-refractivity contribution in [2.45, 2.75) is 57.7 Å². The van der Waals surface area contributed by atoms with E-state index in [1.54, 1.807) is 6.33 Å². The van der Waals surface area contributed by atoms with Crippen molar-refractivity contribution in [2.75, 3.05) is 19.8 Å². The molecule has 0 aliphatic rings. The van der Waals surface area contributed by atoms with Crippen LogP contribution in [0.15, 0.2) is 6.33 Å². The third-order valence-electron chi connectivity index (χ3n) is 4.75. The van der Waals surface area contributed by atoms with Crippen LogP contribution in [0, 0.1) is 0 Å². The molecule has 0 aliphatic carbocycles. The lowest BCUT2D eigenvalue weighted by molar-refractivity contribution is 0.216. The van der Waals surface area contributed by atoms with E-state index in [4.69, 9.17) is 9.53 Å². The van der Waals surface area contributed by atoms with E-state index in [1.165, 1.54) is 0 Å². The zero-order chi connectivity index (χ0) is 17.0. The second-order valence-corrected chi connectivity index (χ2v) is 12.2. The summed E-state index contributed by atoms with van der Waals surface area (Å²) in [6.45, 7) is 11.9. The Hall–Kier alpha value is -0.693. The molecule has 1 heterocycles. The van der Waals surface area contributed by atoms with Crippen molar-refractivity contribution < 1.29 is 14.6 Å². The van der Waals surface area contributed by atoms with Crippen LogP contribution in [0.4, 0.5) is 0 Å². The van der Waals surface area contributed by atoms with Gasteiger partial charge in [-0.05, 0) is 24.6 Å². The minimum absolute atomic E-state index is 0.00109. The summed E-state index contributed by atoms with van der Waals surface area (Å²) in [5.74, 6) is -0.00109. The highest BCUT2D eigenvalue weighted by Gasteiger charge is 2.37. The average molecular weight is 329 g/mol. The zero-order valence-corrected chi connectivity index (χ0v) is 15.9. The van der Waals surface area contributed by atoms with E-state index < -0.39 is 8.32 Å². The lowest BCUT2D eigenvalue weighted by Crippen LogP contribution is -2.41. The molecule has 1 atom stereocenters. The van der Waals surface area contributed by atoms with Gasteiger partial charge in [0.25, 0.3) is 0 Å². The van der Waals surface area contributed by atoms with Crippen LogP contribution in [0.1, 0.15) is 44.5 Å². The summed E-state index contributed by atoms with van der Waals surface area (Å²) in [7, 11) is 0.175. The van der Waals surface area contributed by atoms with Crippen molar-refractivity contribution in [3.8, 4) is 0 Å². The van der Waals surface area contributed by atoms with Crippen LogP contribution in [-0.2, 0) is 17.9 Å². The van der Waals surface area contributed by atoms with Gasteiger partial charge < -0.3 is 19.2 Å². The third kappa shape index (κ3) is 4.65. The quantitative estimate of drug-likeness (QED) is 0.719. The molecular weight excluding hydrogens is 296 g/mol. The largest absolute Gasteiger partial charge is 0.417 e. The molecule has 0 saturated carbocycles. The van der Waals surface area contributed by atoms with Crippen LogP contribution >= 0.6 is 0 Å². The normalized spacial score (nSPS) is 14.4. The highest BCUT2D eigenvalue weighted by molar-refractivity contribution is 6.74. The minimum Gasteiger partial charge on any atom is -0.417 e. The van der Waals surface area contributed by atoms with Crippen LogP contribution in [0.2, 0.25) is 18.1 Å². The lowest BCUT2D eigenvalue weighted by Gasteiger charge is -2.36. The molecule has 6 heteroatoms. The second kappa shape index (κ2) is 7.72. The maximum atomic E-state index is 9.76. The Kier molecular flexibility index (Phi) is 6.79. The summed E-state index contributed by atoms with van der Waals surface area (Å²) in [4.78, 5) is 4.33. The SMILES string of the molecule is Cn1cnc(CCO)c1C(CO)CCO[Si](C)(C)C(C)(C)C. The van der Waals surface area contributed by atoms with Crippen molar-refractivity contribution in [2.24, 2.45) is 7.05 Å². The van der Waals surface area contributed by atoms with E-state index in [9.17, 15) is 5.11 Å². The fraction of sp³-hybridized carbons (Fsp3) is 0.812. The zero-order valence-electron chi connectivity index (χ0n) is 14.9. The molecule has 22 heavy (non-hydrogen) atoms. The van der Waals surface area contributed by atoms with Crippen LogP contribution in [0.5, 0.6) is 0 Å². The van der Waals surface area contributed by atoms with Gasteiger partial charge in [0.1, 0.15) is 0 Å². The van der Waals surface area contributed by atoms with Gasteiger partial charge in [0.2, 0.25) is 0 Å². The third-order valence-corrected chi connectivity index (χ3v) is 9.29. The van der Waals surface area contributed by atoms with Crippen LogP contribution in [0.3, 0.4) is 0 Å². The van der Waals surface area contributed by atoms with E-state index in [0.29, 0.717) is 13.0 Å². The number of hydrogen-bond acceptors (Lipinski definition) is 4. The monoisotopic (exact) mass is 328 g/mol. The number of imidazole rings is 1. The minimum atomic E-state index is -1.76. The van der Waals surface area contributed by atoms with Crippen LogP contribution in [0.25, 0.3) is 0 Å².